The lowest BCUT2D eigenvalue weighted by Gasteiger charge is -2.40. The molecule has 0 aromatic heterocycles. The van der Waals surface area contributed by atoms with Crippen LogP contribution in [0.3, 0.4) is 0 Å². The number of hydrogen-bond donors (Lipinski definition) is 1. The van der Waals surface area contributed by atoms with E-state index in [0.29, 0.717) is 19.1 Å². The summed E-state index contributed by atoms with van der Waals surface area (Å²) in [5.41, 5.74) is -0.107. The van der Waals surface area contributed by atoms with Crippen molar-refractivity contribution in [1.82, 2.24) is 9.80 Å². The van der Waals surface area contributed by atoms with Crippen LogP contribution in [0.4, 0.5) is 19.3 Å². The van der Waals surface area contributed by atoms with E-state index in [2.05, 4.69) is 10.2 Å². The second kappa shape index (κ2) is 7.25. The molecule has 23 heavy (non-hydrogen) atoms. The summed E-state index contributed by atoms with van der Waals surface area (Å²) in [6.07, 6.45) is 6.42. The van der Waals surface area contributed by atoms with E-state index in [1.165, 1.54) is 32.1 Å². The molecule has 0 spiro atoms. The highest BCUT2D eigenvalue weighted by atomic mass is 19.1. The number of amides is 2. The van der Waals surface area contributed by atoms with Crippen LogP contribution in [0.2, 0.25) is 0 Å². The Bertz CT molecular complexity index is 553. The highest BCUT2D eigenvalue weighted by Gasteiger charge is 2.27. The smallest absolute Gasteiger partial charge is 0.322 e. The molecule has 1 aliphatic carbocycles. The third-order valence-corrected chi connectivity index (χ3v) is 4.86. The second-order valence-electron chi connectivity index (χ2n) is 6.37. The Morgan fingerprint density at radius 1 is 1.04 bits per heavy atom. The van der Waals surface area contributed by atoms with Crippen molar-refractivity contribution < 1.29 is 13.6 Å². The molecule has 1 saturated heterocycles. The Kier molecular flexibility index (Phi) is 5.10. The molecule has 2 fully saturated rings. The number of nitrogens with one attached hydrogen (secondary N) is 1. The van der Waals surface area contributed by atoms with Crippen molar-refractivity contribution >= 4 is 11.7 Å². The van der Waals surface area contributed by atoms with Gasteiger partial charge in [0.25, 0.3) is 0 Å². The zero-order valence-electron chi connectivity index (χ0n) is 13.2. The van der Waals surface area contributed by atoms with E-state index in [1.54, 1.807) is 4.90 Å². The Labute approximate surface area is 135 Å². The standard InChI is InChI=1S/C17H23F2N3O/c18-13-6-7-15(19)16(12-13)20-17(23)22-10-8-21(9-11-22)14-4-2-1-3-5-14/h6-7,12,14H,1-5,8-11H2,(H,20,23). The van der Waals surface area contributed by atoms with Crippen LogP contribution in [0.1, 0.15) is 32.1 Å². The van der Waals surface area contributed by atoms with Gasteiger partial charge in [-0.25, -0.2) is 13.6 Å². The van der Waals surface area contributed by atoms with E-state index in [1.807, 2.05) is 0 Å². The summed E-state index contributed by atoms with van der Waals surface area (Å²) < 4.78 is 26.8. The van der Waals surface area contributed by atoms with Crippen LogP contribution in [-0.2, 0) is 0 Å². The number of anilines is 1. The predicted molar refractivity (Wildman–Crippen MR) is 85.4 cm³/mol. The first-order valence-electron chi connectivity index (χ1n) is 8.38. The highest BCUT2D eigenvalue weighted by molar-refractivity contribution is 5.89. The van der Waals surface area contributed by atoms with Gasteiger partial charge in [0.2, 0.25) is 0 Å². The van der Waals surface area contributed by atoms with Crippen molar-refractivity contribution in [3.05, 3.63) is 29.8 Å². The Balaban J connectivity index is 1.52. The van der Waals surface area contributed by atoms with Gasteiger partial charge in [-0.05, 0) is 25.0 Å². The van der Waals surface area contributed by atoms with E-state index < -0.39 is 11.6 Å². The second-order valence-corrected chi connectivity index (χ2v) is 6.37. The lowest BCUT2D eigenvalue weighted by atomic mass is 9.94. The predicted octanol–water partition coefficient (Wildman–Crippen LogP) is 3.45. The van der Waals surface area contributed by atoms with Gasteiger partial charge >= 0.3 is 6.03 Å². The molecule has 1 aliphatic heterocycles. The van der Waals surface area contributed by atoms with Gasteiger partial charge in [0.05, 0.1) is 5.69 Å². The molecule has 0 radical (unpaired) electrons. The van der Waals surface area contributed by atoms with E-state index in [4.69, 9.17) is 0 Å². The number of nitrogens with zero attached hydrogens (tertiary/aromatic N) is 2. The minimum atomic E-state index is -0.624. The van der Waals surface area contributed by atoms with E-state index >= 15 is 0 Å². The molecule has 0 atom stereocenters. The molecular weight excluding hydrogens is 300 g/mol. The average Bonchev–Trinajstić information content (AvgIpc) is 2.59. The van der Waals surface area contributed by atoms with Crippen LogP contribution in [0, 0.1) is 11.6 Å². The number of halogens is 2. The van der Waals surface area contributed by atoms with Crippen LogP contribution in [-0.4, -0.2) is 48.1 Å². The van der Waals surface area contributed by atoms with Crippen molar-refractivity contribution in [3.63, 3.8) is 0 Å². The maximum atomic E-state index is 13.6. The van der Waals surface area contributed by atoms with E-state index in [0.717, 1.165) is 31.3 Å². The largest absolute Gasteiger partial charge is 0.322 e. The summed E-state index contributed by atoms with van der Waals surface area (Å²) in [6.45, 7) is 2.95. The fraction of sp³-hybridized carbons (Fsp3) is 0.588. The zero-order valence-corrected chi connectivity index (χ0v) is 13.2. The minimum absolute atomic E-state index is 0.107. The van der Waals surface area contributed by atoms with Gasteiger partial charge in [0.15, 0.2) is 0 Å². The first-order chi connectivity index (χ1) is 11.1. The molecule has 2 aliphatic rings. The lowest BCUT2D eigenvalue weighted by molar-refractivity contribution is 0.0943. The lowest BCUT2D eigenvalue weighted by Crippen LogP contribution is -2.53. The Hall–Kier alpha value is -1.69. The molecule has 6 heteroatoms. The molecule has 1 N–H and O–H groups in total. The van der Waals surface area contributed by atoms with Crippen LogP contribution >= 0.6 is 0 Å². The van der Waals surface area contributed by atoms with E-state index in [-0.39, 0.29) is 11.7 Å². The molecule has 1 aromatic carbocycles. The number of hydrogen-bond acceptors (Lipinski definition) is 2. The third kappa shape index (κ3) is 3.99. The quantitative estimate of drug-likeness (QED) is 0.905. The SMILES string of the molecule is O=C(Nc1cc(F)ccc1F)N1CCN(C2CCCCC2)CC1. The molecule has 4 nitrogen and oxygen atoms in total. The van der Waals surface area contributed by atoms with Crippen LogP contribution in [0.15, 0.2) is 18.2 Å². The van der Waals surface area contributed by atoms with Gasteiger partial charge in [-0.2, -0.15) is 0 Å². The van der Waals surface area contributed by atoms with Crippen molar-refractivity contribution in [2.45, 2.75) is 38.1 Å². The summed E-state index contributed by atoms with van der Waals surface area (Å²) in [5.74, 6) is -1.19. The summed E-state index contributed by atoms with van der Waals surface area (Å²) in [4.78, 5) is 16.4. The normalized spacial score (nSPS) is 20.5. The number of carbonyl (C=O) groups excluding carboxylic acids is 1. The molecule has 2 amide bonds. The number of piperazine rings is 1. The molecule has 0 bridgehead atoms. The average molecular weight is 323 g/mol. The first-order valence-corrected chi connectivity index (χ1v) is 8.38. The fourth-order valence-electron chi connectivity index (χ4n) is 3.52. The Morgan fingerprint density at radius 3 is 2.43 bits per heavy atom. The van der Waals surface area contributed by atoms with Gasteiger partial charge in [-0.1, -0.05) is 19.3 Å². The van der Waals surface area contributed by atoms with Gasteiger partial charge in [-0.3, -0.25) is 4.90 Å². The zero-order chi connectivity index (χ0) is 16.2. The number of urea groups is 1. The van der Waals surface area contributed by atoms with E-state index in [9.17, 15) is 13.6 Å². The van der Waals surface area contributed by atoms with Crippen LogP contribution in [0.25, 0.3) is 0 Å². The molecule has 1 aromatic rings. The van der Waals surface area contributed by atoms with Crippen LogP contribution < -0.4 is 5.32 Å². The molecule has 3 rings (SSSR count). The summed E-state index contributed by atoms with van der Waals surface area (Å²) in [6, 6.07) is 3.35. The Morgan fingerprint density at radius 2 is 1.74 bits per heavy atom. The van der Waals surface area contributed by atoms with Crippen molar-refractivity contribution in [3.8, 4) is 0 Å². The van der Waals surface area contributed by atoms with Crippen molar-refractivity contribution in [1.29, 1.82) is 0 Å². The monoisotopic (exact) mass is 323 g/mol. The number of rotatable bonds is 2. The first kappa shape index (κ1) is 16.2. The molecule has 1 heterocycles. The third-order valence-electron chi connectivity index (χ3n) is 4.86. The fourth-order valence-corrected chi connectivity index (χ4v) is 3.52. The number of benzene rings is 1. The van der Waals surface area contributed by atoms with Gasteiger partial charge in [0.1, 0.15) is 11.6 Å². The van der Waals surface area contributed by atoms with Gasteiger partial charge in [0, 0.05) is 38.3 Å². The highest BCUT2D eigenvalue weighted by Crippen LogP contribution is 2.23. The van der Waals surface area contributed by atoms with Gasteiger partial charge in [-0.15, -0.1) is 0 Å². The molecular formula is C17H23F2N3O. The molecule has 1 saturated carbocycles. The van der Waals surface area contributed by atoms with Gasteiger partial charge < -0.3 is 10.2 Å². The maximum absolute atomic E-state index is 13.6. The summed E-state index contributed by atoms with van der Waals surface area (Å²) in [7, 11) is 0. The van der Waals surface area contributed by atoms with Crippen molar-refractivity contribution in [2.75, 3.05) is 31.5 Å². The maximum Gasteiger partial charge on any atom is 0.322 e. The van der Waals surface area contributed by atoms with Crippen LogP contribution in [0.5, 0.6) is 0 Å². The molecule has 0 unspecified atom stereocenters. The summed E-state index contributed by atoms with van der Waals surface area (Å²) in [5, 5.41) is 2.47. The molecule has 126 valence electrons. The van der Waals surface area contributed by atoms with Crippen molar-refractivity contribution in [2.24, 2.45) is 0 Å². The topological polar surface area (TPSA) is 35.6 Å². The summed E-state index contributed by atoms with van der Waals surface area (Å²) >= 11 is 0. The number of carbonyl (C=O) groups is 1. The minimum Gasteiger partial charge on any atom is -0.322 e.